The van der Waals surface area contributed by atoms with E-state index in [9.17, 15) is 0 Å². The third-order valence-corrected chi connectivity index (χ3v) is 7.52. The zero-order chi connectivity index (χ0) is 24.0. The number of hydrogen-bond acceptors (Lipinski definition) is 5. The maximum Gasteiger partial charge on any atom is 0.126 e. The standard InChI is InChI=1S/C29H32ClN5/c30-24-11-9-22(10-12-24)23-15-16-32-29(18-23)34-28-6-2-1-5-27(28)33-25-4-3-17-35(20-25)26-13-7-21(19-31)8-14-26/h7-16,18,25,27-28,33H,1-6,17,20H2,(H,32,34)/t25-,27+,28+/m0/s1. The molecule has 5 rings (SSSR count). The van der Waals surface area contributed by atoms with Crippen molar-refractivity contribution in [2.45, 2.75) is 56.7 Å². The van der Waals surface area contributed by atoms with E-state index >= 15 is 0 Å². The van der Waals surface area contributed by atoms with E-state index in [1.54, 1.807) is 0 Å². The lowest BCUT2D eigenvalue weighted by atomic mass is 9.89. The number of hydrogen-bond donors (Lipinski definition) is 2. The fraction of sp³-hybridized carbons (Fsp3) is 0.379. The number of nitriles is 1. The van der Waals surface area contributed by atoms with Crippen molar-refractivity contribution in [3.8, 4) is 17.2 Å². The first kappa shape index (κ1) is 23.7. The fourth-order valence-corrected chi connectivity index (χ4v) is 5.55. The zero-order valence-corrected chi connectivity index (χ0v) is 20.7. The number of nitrogens with one attached hydrogen (secondary N) is 2. The maximum atomic E-state index is 9.09. The monoisotopic (exact) mass is 485 g/mol. The average Bonchev–Trinajstić information content (AvgIpc) is 2.91. The van der Waals surface area contributed by atoms with Crippen LogP contribution in [0.25, 0.3) is 11.1 Å². The Morgan fingerprint density at radius 3 is 2.43 bits per heavy atom. The van der Waals surface area contributed by atoms with Gasteiger partial charge in [0.2, 0.25) is 0 Å². The van der Waals surface area contributed by atoms with Crippen LogP contribution in [0.4, 0.5) is 11.5 Å². The van der Waals surface area contributed by atoms with Gasteiger partial charge in [-0.15, -0.1) is 0 Å². The molecule has 1 saturated heterocycles. The minimum Gasteiger partial charge on any atom is -0.370 e. The quantitative estimate of drug-likeness (QED) is 0.431. The van der Waals surface area contributed by atoms with Gasteiger partial charge in [0.15, 0.2) is 0 Å². The van der Waals surface area contributed by atoms with Gasteiger partial charge in [0.05, 0.1) is 11.6 Å². The van der Waals surface area contributed by atoms with Crippen LogP contribution in [0.5, 0.6) is 0 Å². The van der Waals surface area contributed by atoms with Crippen LogP contribution >= 0.6 is 11.6 Å². The van der Waals surface area contributed by atoms with Crippen molar-refractivity contribution in [1.29, 1.82) is 5.26 Å². The Morgan fingerprint density at radius 2 is 1.66 bits per heavy atom. The molecule has 3 aromatic rings. The summed E-state index contributed by atoms with van der Waals surface area (Å²) < 4.78 is 0. The highest BCUT2D eigenvalue weighted by Gasteiger charge is 2.29. The van der Waals surface area contributed by atoms with Gasteiger partial charge in [-0.1, -0.05) is 36.6 Å². The summed E-state index contributed by atoms with van der Waals surface area (Å²) in [5.41, 5.74) is 4.20. The van der Waals surface area contributed by atoms with Crippen LogP contribution in [0.15, 0.2) is 66.9 Å². The van der Waals surface area contributed by atoms with Crippen molar-refractivity contribution in [3.63, 3.8) is 0 Å². The van der Waals surface area contributed by atoms with Gasteiger partial charge in [0, 0.05) is 48.1 Å². The summed E-state index contributed by atoms with van der Waals surface area (Å²) in [6, 6.07) is 23.6. The minimum atomic E-state index is 0.363. The summed E-state index contributed by atoms with van der Waals surface area (Å²) >= 11 is 6.07. The van der Waals surface area contributed by atoms with E-state index in [0.29, 0.717) is 23.7 Å². The second kappa shape index (κ2) is 11.1. The molecular formula is C29H32ClN5. The Kier molecular flexibility index (Phi) is 7.51. The SMILES string of the molecule is N#Cc1ccc(N2CCC[C@H](N[C@@H]3CCCC[C@H]3Nc3cc(-c4ccc(Cl)cc4)ccn3)C2)cc1. The molecule has 0 spiro atoms. The van der Waals surface area contributed by atoms with E-state index in [2.05, 4.69) is 56.9 Å². The lowest BCUT2D eigenvalue weighted by molar-refractivity contribution is 0.293. The number of nitrogens with zero attached hydrogens (tertiary/aromatic N) is 3. The molecule has 0 bridgehead atoms. The molecule has 2 N–H and O–H groups in total. The predicted molar refractivity (Wildman–Crippen MR) is 144 cm³/mol. The number of rotatable bonds is 6. The Bertz CT molecular complexity index is 1150. The second-order valence-electron chi connectivity index (χ2n) is 9.69. The molecule has 2 aliphatic rings. The Morgan fingerprint density at radius 1 is 0.886 bits per heavy atom. The molecule has 0 radical (unpaired) electrons. The lowest BCUT2D eigenvalue weighted by Crippen LogP contribution is -2.54. The molecule has 180 valence electrons. The van der Waals surface area contributed by atoms with Crippen LogP contribution in [-0.2, 0) is 0 Å². The third kappa shape index (κ3) is 5.96. The van der Waals surface area contributed by atoms with Crippen LogP contribution in [0.3, 0.4) is 0 Å². The summed E-state index contributed by atoms with van der Waals surface area (Å²) in [5.74, 6) is 0.930. The highest BCUT2D eigenvalue weighted by Crippen LogP contribution is 2.27. The van der Waals surface area contributed by atoms with Gasteiger partial charge in [-0.25, -0.2) is 4.98 Å². The van der Waals surface area contributed by atoms with Crippen molar-refractivity contribution in [1.82, 2.24) is 10.3 Å². The number of aromatic nitrogens is 1. The lowest BCUT2D eigenvalue weighted by Gasteiger charge is -2.40. The molecule has 2 aromatic carbocycles. The molecule has 2 heterocycles. The van der Waals surface area contributed by atoms with E-state index in [4.69, 9.17) is 16.9 Å². The first-order valence-electron chi connectivity index (χ1n) is 12.7. The average molecular weight is 486 g/mol. The van der Waals surface area contributed by atoms with Crippen molar-refractivity contribution in [3.05, 3.63) is 77.4 Å². The van der Waals surface area contributed by atoms with Gasteiger partial charge in [-0.2, -0.15) is 5.26 Å². The van der Waals surface area contributed by atoms with Crippen LogP contribution in [-0.4, -0.2) is 36.2 Å². The summed E-state index contributed by atoms with van der Waals surface area (Å²) in [4.78, 5) is 7.08. The van der Waals surface area contributed by atoms with E-state index in [1.165, 1.54) is 37.8 Å². The fourth-order valence-electron chi connectivity index (χ4n) is 5.42. The second-order valence-corrected chi connectivity index (χ2v) is 10.1. The molecule has 1 saturated carbocycles. The summed E-state index contributed by atoms with van der Waals surface area (Å²) in [6.07, 6.45) is 9.09. The molecular weight excluding hydrogens is 454 g/mol. The number of halogens is 1. The number of pyridine rings is 1. The molecule has 1 aliphatic heterocycles. The number of piperidine rings is 1. The van der Waals surface area contributed by atoms with Gasteiger partial charge >= 0.3 is 0 Å². The first-order valence-corrected chi connectivity index (χ1v) is 13.1. The molecule has 35 heavy (non-hydrogen) atoms. The number of anilines is 2. The third-order valence-electron chi connectivity index (χ3n) is 7.27. The van der Waals surface area contributed by atoms with E-state index in [-0.39, 0.29) is 0 Å². The summed E-state index contributed by atoms with van der Waals surface area (Å²) in [5, 5.41) is 17.6. The van der Waals surface area contributed by atoms with Gasteiger partial charge in [0.1, 0.15) is 5.82 Å². The molecule has 0 unspecified atom stereocenters. The van der Waals surface area contributed by atoms with Gasteiger partial charge < -0.3 is 15.5 Å². The van der Waals surface area contributed by atoms with Crippen molar-refractivity contribution in [2.75, 3.05) is 23.3 Å². The van der Waals surface area contributed by atoms with Crippen LogP contribution < -0.4 is 15.5 Å². The van der Waals surface area contributed by atoms with E-state index in [1.807, 2.05) is 36.5 Å². The van der Waals surface area contributed by atoms with Crippen molar-refractivity contribution in [2.24, 2.45) is 0 Å². The normalized spacial score (nSPS) is 22.4. The smallest absolute Gasteiger partial charge is 0.126 e. The Balaban J connectivity index is 1.24. The number of benzene rings is 2. The van der Waals surface area contributed by atoms with Crippen molar-refractivity contribution >= 4 is 23.1 Å². The Hall–Kier alpha value is -3.07. The predicted octanol–water partition coefficient (Wildman–Crippen LogP) is 6.26. The topological polar surface area (TPSA) is 64.0 Å². The molecule has 1 aliphatic carbocycles. The summed E-state index contributed by atoms with van der Waals surface area (Å²) in [6.45, 7) is 2.07. The van der Waals surface area contributed by atoms with Crippen LogP contribution in [0, 0.1) is 11.3 Å². The molecule has 5 nitrogen and oxygen atoms in total. The highest BCUT2D eigenvalue weighted by molar-refractivity contribution is 6.30. The zero-order valence-electron chi connectivity index (χ0n) is 20.0. The molecule has 1 aromatic heterocycles. The van der Waals surface area contributed by atoms with Crippen molar-refractivity contribution < 1.29 is 0 Å². The summed E-state index contributed by atoms with van der Waals surface area (Å²) in [7, 11) is 0. The molecule has 6 heteroatoms. The molecule has 3 atom stereocenters. The molecule has 2 fully saturated rings. The first-order chi connectivity index (χ1) is 17.2. The van der Waals surface area contributed by atoms with Gasteiger partial charge in [-0.05, 0) is 85.3 Å². The van der Waals surface area contributed by atoms with E-state index < -0.39 is 0 Å². The maximum absolute atomic E-state index is 9.09. The highest BCUT2D eigenvalue weighted by atomic mass is 35.5. The minimum absolute atomic E-state index is 0.363. The van der Waals surface area contributed by atoms with Crippen LogP contribution in [0.2, 0.25) is 5.02 Å². The van der Waals surface area contributed by atoms with Gasteiger partial charge in [-0.3, -0.25) is 0 Å². The Labute approximate surface area is 213 Å². The largest absolute Gasteiger partial charge is 0.370 e. The van der Waals surface area contributed by atoms with Gasteiger partial charge in [0.25, 0.3) is 0 Å². The molecule has 0 amide bonds. The van der Waals surface area contributed by atoms with E-state index in [0.717, 1.165) is 41.5 Å². The van der Waals surface area contributed by atoms with Crippen LogP contribution in [0.1, 0.15) is 44.1 Å².